The number of carbonyl (C=O) groups excluding carboxylic acids is 1. The van der Waals surface area contributed by atoms with E-state index in [9.17, 15) is 4.79 Å². The summed E-state index contributed by atoms with van der Waals surface area (Å²) in [4.78, 5) is 14.6. The molecule has 0 fully saturated rings. The van der Waals surface area contributed by atoms with Gasteiger partial charge in [0, 0.05) is 21.7 Å². The molecule has 6 rings (SSSR count). The van der Waals surface area contributed by atoms with Crippen LogP contribution in [0.5, 0.6) is 0 Å². The molecule has 7 heteroatoms. The Morgan fingerprint density at radius 2 is 1.66 bits per heavy atom. The molecule has 170 valence electrons. The van der Waals surface area contributed by atoms with Crippen LogP contribution in [0.3, 0.4) is 0 Å². The first-order chi connectivity index (χ1) is 17.0. The van der Waals surface area contributed by atoms with Gasteiger partial charge in [-0.1, -0.05) is 60.1 Å². The number of aryl methyl sites for hydroxylation is 1. The van der Waals surface area contributed by atoms with Crippen LogP contribution in [0.4, 0.5) is 5.69 Å². The maximum absolute atomic E-state index is 12.9. The lowest BCUT2D eigenvalue weighted by Crippen LogP contribution is -2.11. The van der Waals surface area contributed by atoms with E-state index in [0.717, 1.165) is 33.1 Å². The Balaban J connectivity index is 1.30. The zero-order chi connectivity index (χ0) is 23.9. The Morgan fingerprint density at radius 1 is 0.886 bits per heavy atom. The highest BCUT2D eigenvalue weighted by atomic mass is 35.5. The van der Waals surface area contributed by atoms with Crippen molar-refractivity contribution in [3.05, 3.63) is 107 Å². The fraction of sp³-hybridized carbons (Fsp3) is 0.0357. The van der Waals surface area contributed by atoms with Crippen LogP contribution in [-0.2, 0) is 0 Å². The number of carbonyl (C=O) groups is 1. The number of rotatable bonds is 4. The second-order valence-electron chi connectivity index (χ2n) is 8.27. The molecule has 4 aromatic carbocycles. The quantitative estimate of drug-likeness (QED) is 0.294. The van der Waals surface area contributed by atoms with Crippen LogP contribution in [0.15, 0.2) is 95.4 Å². The SMILES string of the molecule is Cc1cc2nn(-c3cccc4ccccc34)nc2cc1NC(=O)c1ccc(-c2cccc(Cl)c2)o1. The van der Waals surface area contributed by atoms with Crippen molar-refractivity contribution < 1.29 is 9.21 Å². The maximum atomic E-state index is 12.9. The number of aromatic nitrogens is 3. The summed E-state index contributed by atoms with van der Waals surface area (Å²) in [7, 11) is 0. The molecule has 0 aliphatic carbocycles. The van der Waals surface area contributed by atoms with Crippen LogP contribution >= 0.6 is 11.6 Å². The van der Waals surface area contributed by atoms with Crippen molar-refractivity contribution in [1.29, 1.82) is 0 Å². The zero-order valence-electron chi connectivity index (χ0n) is 18.7. The zero-order valence-corrected chi connectivity index (χ0v) is 19.5. The second kappa shape index (κ2) is 8.42. The first kappa shape index (κ1) is 21.1. The smallest absolute Gasteiger partial charge is 0.291 e. The number of nitrogens with one attached hydrogen (secondary N) is 1. The van der Waals surface area contributed by atoms with Gasteiger partial charge in [0.05, 0.1) is 5.69 Å². The highest BCUT2D eigenvalue weighted by Gasteiger charge is 2.16. The molecular weight excluding hydrogens is 460 g/mol. The summed E-state index contributed by atoms with van der Waals surface area (Å²) in [5.41, 5.74) is 4.64. The largest absolute Gasteiger partial charge is 0.451 e. The highest BCUT2D eigenvalue weighted by Crippen LogP contribution is 2.27. The third kappa shape index (κ3) is 3.94. The van der Waals surface area contributed by atoms with Gasteiger partial charge in [-0.25, -0.2) is 0 Å². The van der Waals surface area contributed by atoms with Crippen molar-refractivity contribution in [2.24, 2.45) is 0 Å². The lowest BCUT2D eigenvalue weighted by molar-refractivity contribution is 0.0997. The highest BCUT2D eigenvalue weighted by molar-refractivity contribution is 6.30. The molecule has 0 radical (unpaired) electrons. The van der Waals surface area contributed by atoms with E-state index in [0.29, 0.717) is 22.0 Å². The van der Waals surface area contributed by atoms with Crippen molar-refractivity contribution in [1.82, 2.24) is 15.0 Å². The minimum Gasteiger partial charge on any atom is -0.451 e. The van der Waals surface area contributed by atoms with Crippen molar-refractivity contribution in [2.45, 2.75) is 6.92 Å². The molecular formula is C28H19ClN4O2. The van der Waals surface area contributed by atoms with Gasteiger partial charge in [0.1, 0.15) is 16.8 Å². The first-order valence-electron chi connectivity index (χ1n) is 11.1. The number of amides is 1. The predicted octanol–water partition coefficient (Wildman–Crippen LogP) is 7.05. The van der Waals surface area contributed by atoms with Crippen molar-refractivity contribution in [2.75, 3.05) is 5.32 Å². The van der Waals surface area contributed by atoms with E-state index in [2.05, 4.69) is 33.7 Å². The molecule has 6 aromatic rings. The average Bonchev–Trinajstić information content (AvgIpc) is 3.51. The van der Waals surface area contributed by atoms with E-state index >= 15 is 0 Å². The Morgan fingerprint density at radius 3 is 2.51 bits per heavy atom. The number of hydrogen-bond acceptors (Lipinski definition) is 4. The molecule has 2 heterocycles. The molecule has 35 heavy (non-hydrogen) atoms. The van der Waals surface area contributed by atoms with Crippen molar-refractivity contribution in [3.63, 3.8) is 0 Å². The predicted molar refractivity (Wildman–Crippen MR) is 138 cm³/mol. The van der Waals surface area contributed by atoms with Crippen LogP contribution < -0.4 is 5.32 Å². The van der Waals surface area contributed by atoms with Gasteiger partial charge in [0.2, 0.25) is 0 Å². The van der Waals surface area contributed by atoms with Crippen molar-refractivity contribution >= 4 is 45.0 Å². The second-order valence-corrected chi connectivity index (χ2v) is 8.71. The molecule has 6 nitrogen and oxygen atoms in total. The molecule has 0 bridgehead atoms. The van der Waals surface area contributed by atoms with Crippen LogP contribution in [-0.4, -0.2) is 20.9 Å². The Labute approximate surface area is 205 Å². The Bertz CT molecular complexity index is 1730. The Hall–Kier alpha value is -4.42. The molecule has 0 saturated carbocycles. The summed E-state index contributed by atoms with van der Waals surface area (Å²) in [6.07, 6.45) is 0. The van der Waals surface area contributed by atoms with Gasteiger partial charge in [-0.2, -0.15) is 0 Å². The van der Waals surface area contributed by atoms with Gasteiger partial charge in [-0.05, 0) is 60.3 Å². The minimum absolute atomic E-state index is 0.207. The topological polar surface area (TPSA) is 73.0 Å². The molecule has 0 aliphatic heterocycles. The molecule has 1 N–H and O–H groups in total. The summed E-state index contributed by atoms with van der Waals surface area (Å²) in [6.45, 7) is 1.92. The summed E-state index contributed by atoms with van der Waals surface area (Å²) >= 11 is 6.07. The Kier molecular flexibility index (Phi) is 5.08. The van der Waals surface area contributed by atoms with E-state index in [-0.39, 0.29) is 11.7 Å². The summed E-state index contributed by atoms with van der Waals surface area (Å²) in [5, 5.41) is 15.1. The van der Waals surface area contributed by atoms with E-state index < -0.39 is 0 Å². The number of halogens is 1. The third-order valence-electron chi connectivity index (χ3n) is 5.90. The molecule has 2 aromatic heterocycles. The molecule has 0 aliphatic rings. The summed E-state index contributed by atoms with van der Waals surface area (Å²) < 4.78 is 5.79. The fourth-order valence-corrected chi connectivity index (χ4v) is 4.32. The van der Waals surface area contributed by atoms with E-state index in [1.807, 2.05) is 55.5 Å². The standard InChI is InChI=1S/C28H19ClN4O2/c1-17-14-23-24(32-33(31-23)25-11-5-7-18-6-2-3-10-21(18)25)16-22(17)30-28(34)27-13-12-26(35-27)19-8-4-9-20(29)15-19/h2-16H,1H3,(H,30,34). The van der Waals surface area contributed by atoms with Gasteiger partial charge in [0.25, 0.3) is 5.91 Å². The van der Waals surface area contributed by atoms with Gasteiger partial charge in [-0.15, -0.1) is 15.0 Å². The number of fused-ring (bicyclic) bond motifs is 2. The molecule has 1 amide bonds. The molecule has 0 spiro atoms. The number of nitrogens with zero attached hydrogens (tertiary/aromatic N) is 3. The van der Waals surface area contributed by atoms with Crippen molar-refractivity contribution in [3.8, 4) is 17.0 Å². The number of hydrogen-bond donors (Lipinski definition) is 1. The normalized spacial score (nSPS) is 11.3. The fourth-order valence-electron chi connectivity index (χ4n) is 4.13. The molecule has 0 atom stereocenters. The lowest BCUT2D eigenvalue weighted by Gasteiger charge is -2.06. The lowest BCUT2D eigenvalue weighted by atomic mass is 10.1. The van der Waals surface area contributed by atoms with Gasteiger partial charge < -0.3 is 9.73 Å². The molecule has 0 saturated heterocycles. The van der Waals surface area contributed by atoms with Crippen LogP contribution in [0.2, 0.25) is 5.02 Å². The van der Waals surface area contributed by atoms with Gasteiger partial charge in [-0.3, -0.25) is 4.79 Å². The van der Waals surface area contributed by atoms with E-state index in [1.54, 1.807) is 29.1 Å². The minimum atomic E-state index is -0.345. The van der Waals surface area contributed by atoms with Crippen LogP contribution in [0.25, 0.3) is 38.8 Å². The van der Waals surface area contributed by atoms with Crippen LogP contribution in [0, 0.1) is 6.92 Å². The monoisotopic (exact) mass is 478 g/mol. The average molecular weight is 479 g/mol. The van der Waals surface area contributed by atoms with Gasteiger partial charge >= 0.3 is 0 Å². The molecule has 0 unspecified atom stereocenters. The van der Waals surface area contributed by atoms with E-state index in [4.69, 9.17) is 16.0 Å². The number of benzene rings is 4. The third-order valence-corrected chi connectivity index (χ3v) is 6.13. The maximum Gasteiger partial charge on any atom is 0.291 e. The number of anilines is 1. The van der Waals surface area contributed by atoms with E-state index in [1.165, 1.54) is 0 Å². The van der Waals surface area contributed by atoms with Gasteiger partial charge in [0.15, 0.2) is 5.76 Å². The van der Waals surface area contributed by atoms with Crippen LogP contribution in [0.1, 0.15) is 16.1 Å². The summed E-state index contributed by atoms with van der Waals surface area (Å²) in [6, 6.07) is 28.6. The first-order valence-corrected chi connectivity index (χ1v) is 11.5. The summed E-state index contributed by atoms with van der Waals surface area (Å²) in [5.74, 6) is 0.434. The number of furan rings is 1.